The maximum Gasteiger partial charge on any atom is 0.123 e. The van der Waals surface area contributed by atoms with Crippen molar-refractivity contribution in [3.05, 3.63) is 83.4 Å². The molecule has 3 aromatic rings. The number of rotatable bonds is 4. The fourth-order valence-electron chi connectivity index (χ4n) is 3.75. The van der Waals surface area contributed by atoms with Crippen LogP contribution in [0.2, 0.25) is 0 Å². The normalized spacial score (nSPS) is 16.8. The third-order valence-electron chi connectivity index (χ3n) is 4.97. The lowest BCUT2D eigenvalue weighted by molar-refractivity contribution is 0.497. The van der Waals surface area contributed by atoms with Gasteiger partial charge in [0.1, 0.15) is 5.82 Å². The van der Waals surface area contributed by atoms with E-state index in [0.717, 1.165) is 24.9 Å². The Morgan fingerprint density at radius 3 is 2.62 bits per heavy atom. The Kier molecular flexibility index (Phi) is 4.16. The van der Waals surface area contributed by atoms with Crippen molar-refractivity contribution < 1.29 is 4.39 Å². The molecule has 1 atom stereocenters. The van der Waals surface area contributed by atoms with E-state index in [0.29, 0.717) is 5.92 Å². The summed E-state index contributed by atoms with van der Waals surface area (Å²) < 4.78 is 15.2. The number of benzene rings is 2. The van der Waals surface area contributed by atoms with Crippen molar-refractivity contribution in [2.24, 2.45) is 0 Å². The lowest BCUT2D eigenvalue weighted by atomic mass is 9.84. The van der Waals surface area contributed by atoms with Crippen molar-refractivity contribution in [1.82, 2.24) is 9.78 Å². The summed E-state index contributed by atoms with van der Waals surface area (Å²) in [6, 6.07) is 17.3. The van der Waals surface area contributed by atoms with Crippen LogP contribution < -0.4 is 0 Å². The molecule has 24 heavy (non-hydrogen) atoms. The van der Waals surface area contributed by atoms with Crippen LogP contribution in [0.25, 0.3) is 5.69 Å². The average molecular weight is 320 g/mol. The molecule has 2 nitrogen and oxygen atoms in total. The first kappa shape index (κ1) is 15.1. The van der Waals surface area contributed by atoms with Crippen molar-refractivity contribution in [1.29, 1.82) is 0 Å². The minimum Gasteiger partial charge on any atom is -0.237 e. The van der Waals surface area contributed by atoms with Gasteiger partial charge in [-0.15, -0.1) is 0 Å². The average Bonchev–Trinajstić information content (AvgIpc) is 3.06. The van der Waals surface area contributed by atoms with Crippen LogP contribution in [0.1, 0.15) is 42.0 Å². The molecule has 0 bridgehead atoms. The summed E-state index contributed by atoms with van der Waals surface area (Å²) in [7, 11) is 0. The second kappa shape index (κ2) is 6.60. The van der Waals surface area contributed by atoms with Crippen molar-refractivity contribution in [2.45, 2.75) is 38.0 Å². The zero-order chi connectivity index (χ0) is 16.4. The smallest absolute Gasteiger partial charge is 0.123 e. The lowest BCUT2D eigenvalue weighted by Crippen LogP contribution is -2.15. The van der Waals surface area contributed by atoms with Crippen molar-refractivity contribution in [3.8, 4) is 5.69 Å². The first-order valence-electron chi connectivity index (χ1n) is 8.68. The Morgan fingerprint density at radius 1 is 1.04 bits per heavy atom. The van der Waals surface area contributed by atoms with Crippen molar-refractivity contribution in [3.63, 3.8) is 0 Å². The highest BCUT2D eigenvalue weighted by Gasteiger charge is 2.25. The number of aromatic nitrogens is 2. The molecule has 1 unspecified atom stereocenters. The largest absolute Gasteiger partial charge is 0.237 e. The van der Waals surface area contributed by atoms with Gasteiger partial charge in [-0.2, -0.15) is 5.10 Å². The van der Waals surface area contributed by atoms with Gasteiger partial charge in [-0.1, -0.05) is 30.3 Å². The number of hydrogen-bond donors (Lipinski definition) is 0. The summed E-state index contributed by atoms with van der Waals surface area (Å²) in [6.45, 7) is 0. The van der Waals surface area contributed by atoms with Gasteiger partial charge in [0, 0.05) is 5.92 Å². The van der Waals surface area contributed by atoms with Crippen molar-refractivity contribution >= 4 is 0 Å². The van der Waals surface area contributed by atoms with Crippen LogP contribution in [-0.2, 0) is 12.8 Å². The molecule has 4 rings (SSSR count). The highest BCUT2D eigenvalue weighted by molar-refractivity contribution is 5.38. The number of fused-ring (bicyclic) bond motifs is 1. The van der Waals surface area contributed by atoms with Gasteiger partial charge < -0.3 is 0 Å². The van der Waals surface area contributed by atoms with E-state index in [4.69, 9.17) is 0 Å². The number of nitrogens with zero attached hydrogens (tertiary/aromatic N) is 2. The predicted octanol–water partition coefficient (Wildman–Crippen LogP) is 5.06. The molecule has 0 aliphatic heterocycles. The second-order valence-corrected chi connectivity index (χ2v) is 6.56. The summed E-state index contributed by atoms with van der Waals surface area (Å²) >= 11 is 0. The third kappa shape index (κ3) is 2.99. The van der Waals surface area contributed by atoms with Gasteiger partial charge >= 0.3 is 0 Å². The topological polar surface area (TPSA) is 17.8 Å². The van der Waals surface area contributed by atoms with E-state index in [9.17, 15) is 4.39 Å². The molecule has 1 aliphatic carbocycles. The molecule has 0 saturated heterocycles. The molecule has 0 radical (unpaired) electrons. The predicted molar refractivity (Wildman–Crippen MR) is 94.0 cm³/mol. The van der Waals surface area contributed by atoms with Gasteiger partial charge in [-0.3, -0.25) is 0 Å². The minimum atomic E-state index is -0.208. The molecule has 1 aliphatic rings. The molecule has 122 valence electrons. The molecule has 0 fully saturated rings. The second-order valence-electron chi connectivity index (χ2n) is 6.56. The van der Waals surface area contributed by atoms with Gasteiger partial charge in [-0.25, -0.2) is 9.07 Å². The van der Waals surface area contributed by atoms with E-state index in [1.54, 1.807) is 0 Å². The highest BCUT2D eigenvalue weighted by atomic mass is 19.1. The van der Waals surface area contributed by atoms with Crippen LogP contribution in [-0.4, -0.2) is 9.78 Å². The molecular weight excluding hydrogens is 299 g/mol. The van der Waals surface area contributed by atoms with Crippen molar-refractivity contribution in [2.75, 3.05) is 0 Å². The fourth-order valence-corrected chi connectivity index (χ4v) is 3.75. The first-order valence-corrected chi connectivity index (χ1v) is 8.68. The maximum absolute atomic E-state index is 13.2. The summed E-state index contributed by atoms with van der Waals surface area (Å²) in [5.74, 6) is 0.307. The summed E-state index contributed by atoms with van der Waals surface area (Å²) in [5, 5.41) is 4.60. The minimum absolute atomic E-state index is 0.208. The molecule has 1 aromatic heterocycles. The monoisotopic (exact) mass is 320 g/mol. The molecule has 0 N–H and O–H groups in total. The SMILES string of the molecule is Fc1ccc(-n2ncc3c2C(CCc2ccccc2)CCC3)cc1. The lowest BCUT2D eigenvalue weighted by Gasteiger charge is -2.24. The third-order valence-corrected chi connectivity index (χ3v) is 4.97. The number of aryl methyl sites for hydroxylation is 2. The van der Waals surface area contributed by atoms with E-state index in [-0.39, 0.29) is 5.82 Å². The molecule has 2 aromatic carbocycles. The molecule has 0 amide bonds. The Labute approximate surface area is 142 Å². The first-order chi connectivity index (χ1) is 11.8. The van der Waals surface area contributed by atoms with Gasteiger partial charge in [0.15, 0.2) is 0 Å². The molecule has 0 saturated carbocycles. The Hall–Kier alpha value is -2.42. The molecule has 1 heterocycles. The number of hydrogen-bond acceptors (Lipinski definition) is 1. The Morgan fingerprint density at radius 2 is 1.83 bits per heavy atom. The Balaban J connectivity index is 1.61. The number of halogens is 1. The van der Waals surface area contributed by atoms with E-state index in [1.807, 2.05) is 23.0 Å². The van der Waals surface area contributed by atoms with Crippen LogP contribution in [0, 0.1) is 5.82 Å². The summed E-state index contributed by atoms with van der Waals surface area (Å²) in [4.78, 5) is 0. The highest BCUT2D eigenvalue weighted by Crippen LogP contribution is 2.36. The van der Waals surface area contributed by atoms with E-state index >= 15 is 0 Å². The van der Waals surface area contributed by atoms with E-state index < -0.39 is 0 Å². The zero-order valence-electron chi connectivity index (χ0n) is 13.7. The van der Waals surface area contributed by atoms with Crippen LogP contribution in [0.15, 0.2) is 60.8 Å². The molecule has 3 heteroatoms. The summed E-state index contributed by atoms with van der Waals surface area (Å²) in [5.41, 5.74) is 5.01. The van der Waals surface area contributed by atoms with Gasteiger partial charge in [0.05, 0.1) is 17.6 Å². The van der Waals surface area contributed by atoms with Crippen LogP contribution in [0.5, 0.6) is 0 Å². The Bertz CT molecular complexity index is 806. The van der Waals surface area contributed by atoms with Gasteiger partial charge in [0.2, 0.25) is 0 Å². The quantitative estimate of drug-likeness (QED) is 0.656. The maximum atomic E-state index is 13.2. The van der Waals surface area contributed by atoms with E-state index in [2.05, 4.69) is 35.4 Å². The van der Waals surface area contributed by atoms with E-state index in [1.165, 1.54) is 41.8 Å². The molecular formula is C21H21FN2. The van der Waals surface area contributed by atoms with Crippen LogP contribution in [0.3, 0.4) is 0 Å². The van der Waals surface area contributed by atoms with Crippen LogP contribution >= 0.6 is 0 Å². The van der Waals surface area contributed by atoms with Gasteiger partial charge in [-0.05, 0) is 67.5 Å². The fraction of sp³-hybridized carbons (Fsp3) is 0.286. The van der Waals surface area contributed by atoms with Crippen LogP contribution in [0.4, 0.5) is 4.39 Å². The van der Waals surface area contributed by atoms with Gasteiger partial charge in [0.25, 0.3) is 0 Å². The zero-order valence-corrected chi connectivity index (χ0v) is 13.7. The summed E-state index contributed by atoms with van der Waals surface area (Å²) in [6.07, 6.45) is 7.73. The molecule has 0 spiro atoms. The standard InChI is InChI=1S/C21H21FN2/c22-19-11-13-20(14-12-19)24-21-17(7-4-8-18(21)15-23-24)10-9-16-5-2-1-3-6-16/h1-3,5-6,11-15,17H,4,7-10H2.